The molecule has 0 atom stereocenters. The molecule has 1 aliphatic carbocycles. The van der Waals surface area contributed by atoms with Gasteiger partial charge in [-0.3, -0.25) is 0 Å². The average molecular weight is 185 g/mol. The summed E-state index contributed by atoms with van der Waals surface area (Å²) in [5.74, 6) is 0. The van der Waals surface area contributed by atoms with Crippen LogP contribution in [0.2, 0.25) is 0 Å². The molecule has 1 rings (SSSR count). The highest BCUT2D eigenvalue weighted by molar-refractivity contribution is 4.95. The van der Waals surface area contributed by atoms with Gasteiger partial charge >= 0.3 is 0 Å². The van der Waals surface area contributed by atoms with E-state index in [-0.39, 0.29) is 0 Å². The molecule has 0 aliphatic heterocycles. The van der Waals surface area contributed by atoms with Crippen LogP contribution in [0.1, 0.15) is 46.0 Å². The maximum absolute atomic E-state index is 8.89. The first-order valence-corrected chi connectivity index (χ1v) is 5.60. The van der Waals surface area contributed by atoms with Crippen LogP contribution in [0.4, 0.5) is 0 Å². The lowest BCUT2D eigenvalue weighted by Crippen LogP contribution is -2.33. The van der Waals surface area contributed by atoms with Crippen molar-refractivity contribution in [1.82, 2.24) is 5.32 Å². The minimum Gasteiger partial charge on any atom is -0.396 e. The van der Waals surface area contributed by atoms with E-state index < -0.39 is 0 Å². The second kappa shape index (κ2) is 4.97. The van der Waals surface area contributed by atoms with E-state index in [2.05, 4.69) is 19.2 Å². The third-order valence-corrected chi connectivity index (χ3v) is 3.35. The van der Waals surface area contributed by atoms with Crippen molar-refractivity contribution in [1.29, 1.82) is 0 Å². The van der Waals surface area contributed by atoms with Crippen LogP contribution in [-0.4, -0.2) is 24.3 Å². The standard InChI is InChI=1S/C11H23NO/c1-3-10(4-2)12-9-11(5-6-11)7-8-13/h10,12-13H,3-9H2,1-2H3. The van der Waals surface area contributed by atoms with Crippen LogP contribution in [0.15, 0.2) is 0 Å². The van der Waals surface area contributed by atoms with Gasteiger partial charge in [-0.25, -0.2) is 0 Å². The van der Waals surface area contributed by atoms with Crippen molar-refractivity contribution in [2.45, 2.75) is 52.0 Å². The van der Waals surface area contributed by atoms with Crippen molar-refractivity contribution in [3.63, 3.8) is 0 Å². The van der Waals surface area contributed by atoms with Crippen LogP contribution in [0.3, 0.4) is 0 Å². The van der Waals surface area contributed by atoms with Gasteiger partial charge in [0.05, 0.1) is 0 Å². The van der Waals surface area contributed by atoms with Crippen molar-refractivity contribution >= 4 is 0 Å². The maximum atomic E-state index is 8.89. The van der Waals surface area contributed by atoms with Crippen molar-refractivity contribution < 1.29 is 5.11 Å². The predicted molar refractivity (Wildman–Crippen MR) is 55.7 cm³/mol. The molecule has 0 aromatic carbocycles. The van der Waals surface area contributed by atoms with E-state index in [9.17, 15) is 0 Å². The minimum absolute atomic E-state index is 0.352. The third-order valence-electron chi connectivity index (χ3n) is 3.35. The zero-order chi connectivity index (χ0) is 9.73. The Morgan fingerprint density at radius 1 is 1.31 bits per heavy atom. The summed E-state index contributed by atoms with van der Waals surface area (Å²) in [6.45, 7) is 5.92. The van der Waals surface area contributed by atoms with Crippen molar-refractivity contribution in [3.05, 3.63) is 0 Å². The van der Waals surface area contributed by atoms with Crippen LogP contribution in [0.5, 0.6) is 0 Å². The van der Waals surface area contributed by atoms with E-state index in [0.29, 0.717) is 18.1 Å². The molecular weight excluding hydrogens is 162 g/mol. The molecule has 1 fully saturated rings. The van der Waals surface area contributed by atoms with Crippen molar-refractivity contribution in [2.75, 3.05) is 13.2 Å². The first kappa shape index (κ1) is 11.0. The van der Waals surface area contributed by atoms with Gasteiger partial charge < -0.3 is 10.4 Å². The van der Waals surface area contributed by atoms with Crippen LogP contribution in [0, 0.1) is 5.41 Å². The van der Waals surface area contributed by atoms with E-state index in [0.717, 1.165) is 13.0 Å². The van der Waals surface area contributed by atoms with Gasteiger partial charge in [0.1, 0.15) is 0 Å². The van der Waals surface area contributed by atoms with Crippen molar-refractivity contribution in [2.24, 2.45) is 5.41 Å². The second-order valence-corrected chi connectivity index (χ2v) is 4.37. The van der Waals surface area contributed by atoms with Gasteiger partial charge in [-0.2, -0.15) is 0 Å². The quantitative estimate of drug-likeness (QED) is 0.635. The summed E-state index contributed by atoms with van der Waals surface area (Å²) in [4.78, 5) is 0. The Balaban J connectivity index is 2.17. The van der Waals surface area contributed by atoms with Crippen molar-refractivity contribution in [3.8, 4) is 0 Å². The summed E-state index contributed by atoms with van der Waals surface area (Å²) >= 11 is 0. The lowest BCUT2D eigenvalue weighted by atomic mass is 10.0. The summed E-state index contributed by atoms with van der Waals surface area (Å²) in [5.41, 5.74) is 0.470. The number of rotatable bonds is 7. The zero-order valence-corrected chi connectivity index (χ0v) is 8.97. The second-order valence-electron chi connectivity index (χ2n) is 4.37. The molecule has 2 heteroatoms. The molecule has 0 spiro atoms. The lowest BCUT2D eigenvalue weighted by molar-refractivity contribution is 0.241. The fourth-order valence-corrected chi connectivity index (χ4v) is 1.87. The Bertz CT molecular complexity index is 139. The van der Waals surface area contributed by atoms with Gasteiger partial charge in [-0.05, 0) is 37.5 Å². The van der Waals surface area contributed by atoms with Crippen LogP contribution >= 0.6 is 0 Å². The minimum atomic E-state index is 0.352. The normalized spacial score (nSPS) is 19.4. The van der Waals surface area contributed by atoms with Gasteiger partial charge in [0, 0.05) is 19.2 Å². The van der Waals surface area contributed by atoms with Crippen LogP contribution in [0.25, 0.3) is 0 Å². The van der Waals surface area contributed by atoms with E-state index in [1.807, 2.05) is 0 Å². The Kier molecular flexibility index (Phi) is 4.20. The van der Waals surface area contributed by atoms with Crippen LogP contribution < -0.4 is 5.32 Å². The SMILES string of the molecule is CCC(CC)NCC1(CCO)CC1. The monoisotopic (exact) mass is 185 g/mol. The van der Waals surface area contributed by atoms with E-state index in [4.69, 9.17) is 5.11 Å². The molecule has 13 heavy (non-hydrogen) atoms. The van der Waals surface area contributed by atoms with E-state index >= 15 is 0 Å². The molecule has 0 bridgehead atoms. The number of aliphatic hydroxyl groups excluding tert-OH is 1. The fourth-order valence-electron chi connectivity index (χ4n) is 1.87. The number of hydrogen-bond donors (Lipinski definition) is 2. The molecule has 2 nitrogen and oxygen atoms in total. The molecule has 0 amide bonds. The molecule has 78 valence electrons. The first-order valence-electron chi connectivity index (χ1n) is 5.60. The molecule has 0 saturated heterocycles. The molecule has 1 saturated carbocycles. The molecule has 0 unspecified atom stereocenters. The summed E-state index contributed by atoms with van der Waals surface area (Å²) in [7, 11) is 0. The molecule has 2 N–H and O–H groups in total. The predicted octanol–water partition coefficient (Wildman–Crippen LogP) is 1.93. The molecule has 0 radical (unpaired) electrons. The average Bonchev–Trinajstić information content (AvgIpc) is 2.88. The number of aliphatic hydroxyl groups is 1. The Morgan fingerprint density at radius 2 is 1.92 bits per heavy atom. The van der Waals surface area contributed by atoms with Gasteiger partial charge in [-0.1, -0.05) is 13.8 Å². The Labute approximate surface area is 81.7 Å². The third kappa shape index (κ3) is 3.28. The first-order chi connectivity index (χ1) is 6.26. The zero-order valence-electron chi connectivity index (χ0n) is 8.97. The molecular formula is C11H23NO. The molecule has 0 heterocycles. The summed E-state index contributed by atoms with van der Waals surface area (Å²) in [5, 5.41) is 12.5. The van der Waals surface area contributed by atoms with E-state index in [1.165, 1.54) is 25.7 Å². The largest absolute Gasteiger partial charge is 0.396 e. The fraction of sp³-hybridized carbons (Fsp3) is 1.00. The summed E-state index contributed by atoms with van der Waals surface area (Å²) < 4.78 is 0. The highest BCUT2D eigenvalue weighted by Gasteiger charge is 2.41. The summed E-state index contributed by atoms with van der Waals surface area (Å²) in [6, 6.07) is 0.677. The Hall–Kier alpha value is -0.0800. The summed E-state index contributed by atoms with van der Waals surface area (Å²) in [6.07, 6.45) is 6.03. The maximum Gasteiger partial charge on any atom is 0.0436 e. The molecule has 0 aromatic rings. The highest BCUT2D eigenvalue weighted by Crippen LogP contribution is 2.47. The highest BCUT2D eigenvalue weighted by atomic mass is 16.3. The number of hydrogen-bond acceptors (Lipinski definition) is 2. The number of nitrogens with one attached hydrogen (secondary N) is 1. The van der Waals surface area contributed by atoms with Gasteiger partial charge in [0.2, 0.25) is 0 Å². The molecule has 0 aromatic heterocycles. The lowest BCUT2D eigenvalue weighted by Gasteiger charge is -2.20. The van der Waals surface area contributed by atoms with Crippen LogP contribution in [-0.2, 0) is 0 Å². The molecule has 1 aliphatic rings. The van der Waals surface area contributed by atoms with Gasteiger partial charge in [0.25, 0.3) is 0 Å². The van der Waals surface area contributed by atoms with E-state index in [1.54, 1.807) is 0 Å². The smallest absolute Gasteiger partial charge is 0.0436 e. The topological polar surface area (TPSA) is 32.3 Å². The van der Waals surface area contributed by atoms with Gasteiger partial charge in [-0.15, -0.1) is 0 Å². The van der Waals surface area contributed by atoms with Gasteiger partial charge in [0.15, 0.2) is 0 Å². The Morgan fingerprint density at radius 3 is 2.31 bits per heavy atom.